The zero-order valence-corrected chi connectivity index (χ0v) is 11.6. The molecular weight excluding hydrogens is 236 g/mol. The highest BCUT2D eigenvalue weighted by atomic mass is 15.2. The van der Waals surface area contributed by atoms with Crippen LogP contribution in [0.25, 0.3) is 0 Å². The molecule has 4 nitrogen and oxygen atoms in total. The van der Waals surface area contributed by atoms with Gasteiger partial charge in [-0.3, -0.25) is 4.90 Å². The van der Waals surface area contributed by atoms with Gasteiger partial charge < -0.3 is 5.32 Å². The molecule has 1 aliphatic carbocycles. The second kappa shape index (κ2) is 4.82. The molecule has 2 aliphatic rings. The number of nitriles is 1. The summed E-state index contributed by atoms with van der Waals surface area (Å²) in [7, 11) is 0. The van der Waals surface area contributed by atoms with Crippen LogP contribution in [0.2, 0.25) is 0 Å². The third-order valence-corrected chi connectivity index (χ3v) is 4.08. The average molecular weight is 256 g/mol. The molecule has 4 heteroatoms. The van der Waals surface area contributed by atoms with Gasteiger partial charge in [0.25, 0.3) is 0 Å². The molecule has 1 aromatic heterocycles. The number of nitrogens with one attached hydrogen (secondary N) is 1. The van der Waals surface area contributed by atoms with Crippen molar-refractivity contribution in [3.8, 4) is 6.07 Å². The Bertz CT molecular complexity index is 528. The second-order valence-electron chi connectivity index (χ2n) is 5.77. The standard InChI is InChI=1S/C15H20N4/c1-10-7-11(2)17-15(14(10)8-16)18-12-5-6-19(9-12)13-3-4-13/h7,12-13H,3-6,9H2,1-2H3,(H,17,18). The van der Waals surface area contributed by atoms with Crippen molar-refractivity contribution in [1.82, 2.24) is 9.88 Å². The number of likely N-dealkylation sites (tertiary alicyclic amines) is 1. The Morgan fingerprint density at radius 3 is 2.84 bits per heavy atom. The van der Waals surface area contributed by atoms with E-state index in [-0.39, 0.29) is 0 Å². The zero-order valence-electron chi connectivity index (χ0n) is 11.6. The number of pyridine rings is 1. The van der Waals surface area contributed by atoms with Crippen molar-refractivity contribution >= 4 is 5.82 Å². The van der Waals surface area contributed by atoms with E-state index in [9.17, 15) is 5.26 Å². The first kappa shape index (κ1) is 12.4. The molecular formula is C15H20N4. The molecule has 1 saturated heterocycles. The molecule has 0 radical (unpaired) electrons. The van der Waals surface area contributed by atoms with Gasteiger partial charge in [0.2, 0.25) is 0 Å². The summed E-state index contributed by atoms with van der Waals surface area (Å²) >= 11 is 0. The first-order valence-electron chi connectivity index (χ1n) is 7.06. The van der Waals surface area contributed by atoms with Crippen molar-refractivity contribution in [2.75, 3.05) is 18.4 Å². The highest BCUT2D eigenvalue weighted by Crippen LogP contribution is 2.31. The quantitative estimate of drug-likeness (QED) is 0.901. The summed E-state index contributed by atoms with van der Waals surface area (Å²) in [6, 6.07) is 5.50. The maximum Gasteiger partial charge on any atom is 0.144 e. The summed E-state index contributed by atoms with van der Waals surface area (Å²) in [5, 5.41) is 12.8. The first-order valence-corrected chi connectivity index (χ1v) is 7.06. The molecule has 100 valence electrons. The Kier molecular flexibility index (Phi) is 3.16. The molecule has 1 N–H and O–H groups in total. The van der Waals surface area contributed by atoms with Crippen molar-refractivity contribution in [2.24, 2.45) is 0 Å². The Labute approximate surface area is 114 Å². The number of aryl methyl sites for hydroxylation is 2. The lowest BCUT2D eigenvalue weighted by molar-refractivity contribution is 0.326. The Morgan fingerprint density at radius 2 is 2.16 bits per heavy atom. The molecule has 19 heavy (non-hydrogen) atoms. The lowest BCUT2D eigenvalue weighted by Crippen LogP contribution is -2.28. The van der Waals surface area contributed by atoms with Gasteiger partial charge >= 0.3 is 0 Å². The summed E-state index contributed by atoms with van der Waals surface area (Å²) in [4.78, 5) is 7.06. The smallest absolute Gasteiger partial charge is 0.144 e. The van der Waals surface area contributed by atoms with Gasteiger partial charge in [-0.1, -0.05) is 0 Å². The third kappa shape index (κ3) is 2.57. The molecule has 3 rings (SSSR count). The Morgan fingerprint density at radius 1 is 1.37 bits per heavy atom. The molecule has 1 atom stereocenters. The van der Waals surface area contributed by atoms with Gasteiger partial charge in [-0.2, -0.15) is 5.26 Å². The van der Waals surface area contributed by atoms with Crippen LogP contribution in [-0.2, 0) is 0 Å². The van der Waals surface area contributed by atoms with E-state index >= 15 is 0 Å². The van der Waals surface area contributed by atoms with Gasteiger partial charge in [-0.05, 0) is 44.7 Å². The van der Waals surface area contributed by atoms with E-state index in [2.05, 4.69) is 21.3 Å². The van der Waals surface area contributed by atoms with Crippen LogP contribution in [0.5, 0.6) is 0 Å². The van der Waals surface area contributed by atoms with Crippen molar-refractivity contribution in [1.29, 1.82) is 5.26 Å². The van der Waals surface area contributed by atoms with Crippen molar-refractivity contribution < 1.29 is 0 Å². The first-order chi connectivity index (χ1) is 9.17. The molecule has 0 amide bonds. The van der Waals surface area contributed by atoms with Crippen LogP contribution in [0, 0.1) is 25.2 Å². The fraction of sp³-hybridized carbons (Fsp3) is 0.600. The predicted octanol–water partition coefficient (Wildman–Crippen LogP) is 2.22. The lowest BCUT2D eigenvalue weighted by Gasteiger charge is -2.17. The third-order valence-electron chi connectivity index (χ3n) is 4.08. The van der Waals surface area contributed by atoms with Gasteiger partial charge in [0.15, 0.2) is 0 Å². The van der Waals surface area contributed by atoms with Gasteiger partial charge in [0.05, 0.1) is 5.56 Å². The average Bonchev–Trinajstić information content (AvgIpc) is 3.10. The van der Waals surface area contributed by atoms with Gasteiger partial charge in [0.1, 0.15) is 11.9 Å². The topological polar surface area (TPSA) is 52.0 Å². The summed E-state index contributed by atoms with van der Waals surface area (Å²) in [5.74, 6) is 0.766. The normalized spacial score (nSPS) is 23.3. The molecule has 1 unspecified atom stereocenters. The number of aromatic nitrogens is 1. The lowest BCUT2D eigenvalue weighted by atomic mass is 10.1. The van der Waals surface area contributed by atoms with E-state index in [4.69, 9.17) is 0 Å². The number of nitrogens with zero attached hydrogens (tertiary/aromatic N) is 3. The van der Waals surface area contributed by atoms with Gasteiger partial charge in [0, 0.05) is 30.9 Å². The second-order valence-corrected chi connectivity index (χ2v) is 5.77. The van der Waals surface area contributed by atoms with Crippen LogP contribution in [-0.4, -0.2) is 35.1 Å². The minimum Gasteiger partial charge on any atom is -0.365 e. The number of anilines is 1. The largest absolute Gasteiger partial charge is 0.365 e. The van der Waals surface area contributed by atoms with E-state index < -0.39 is 0 Å². The molecule has 2 fully saturated rings. The van der Waals surface area contributed by atoms with Crippen LogP contribution >= 0.6 is 0 Å². The van der Waals surface area contributed by atoms with E-state index in [0.29, 0.717) is 11.6 Å². The van der Waals surface area contributed by atoms with Crippen molar-refractivity contribution in [2.45, 2.75) is 45.2 Å². The molecule has 2 heterocycles. The molecule has 1 aliphatic heterocycles. The van der Waals surface area contributed by atoms with Gasteiger partial charge in [-0.15, -0.1) is 0 Å². The molecule has 0 bridgehead atoms. The molecule has 1 aromatic rings. The summed E-state index contributed by atoms with van der Waals surface area (Å²) in [6.45, 7) is 6.22. The number of hydrogen-bond donors (Lipinski definition) is 1. The summed E-state index contributed by atoms with van der Waals surface area (Å²) in [6.07, 6.45) is 3.87. The SMILES string of the molecule is Cc1cc(C)c(C#N)c(NC2CCN(C3CC3)C2)n1. The van der Waals surface area contributed by atoms with Crippen LogP contribution in [0.4, 0.5) is 5.82 Å². The van der Waals surface area contributed by atoms with E-state index in [1.54, 1.807) is 0 Å². The van der Waals surface area contributed by atoms with Crippen LogP contribution in [0.1, 0.15) is 36.1 Å². The van der Waals surface area contributed by atoms with Crippen molar-refractivity contribution in [3.63, 3.8) is 0 Å². The van der Waals surface area contributed by atoms with E-state index in [1.807, 2.05) is 19.9 Å². The minimum atomic E-state index is 0.432. The number of hydrogen-bond acceptors (Lipinski definition) is 4. The fourth-order valence-corrected chi connectivity index (χ4v) is 2.95. The maximum atomic E-state index is 9.27. The Hall–Kier alpha value is -1.60. The highest BCUT2D eigenvalue weighted by Gasteiger charge is 2.34. The number of rotatable bonds is 3. The summed E-state index contributed by atoms with van der Waals surface area (Å²) < 4.78 is 0. The molecule has 1 saturated carbocycles. The van der Waals surface area contributed by atoms with Gasteiger partial charge in [-0.25, -0.2) is 4.98 Å². The van der Waals surface area contributed by atoms with Crippen LogP contribution in [0.15, 0.2) is 6.07 Å². The predicted molar refractivity (Wildman–Crippen MR) is 75.0 cm³/mol. The molecule has 0 aromatic carbocycles. The van der Waals surface area contributed by atoms with Crippen LogP contribution < -0.4 is 5.32 Å². The van der Waals surface area contributed by atoms with E-state index in [0.717, 1.165) is 36.1 Å². The summed E-state index contributed by atoms with van der Waals surface area (Å²) in [5.41, 5.74) is 2.67. The van der Waals surface area contributed by atoms with Crippen LogP contribution in [0.3, 0.4) is 0 Å². The highest BCUT2D eigenvalue weighted by molar-refractivity contribution is 5.57. The zero-order chi connectivity index (χ0) is 13.4. The monoisotopic (exact) mass is 256 g/mol. The molecule has 0 spiro atoms. The van der Waals surface area contributed by atoms with Crippen molar-refractivity contribution in [3.05, 3.63) is 22.9 Å². The minimum absolute atomic E-state index is 0.432. The Balaban J connectivity index is 1.74. The maximum absolute atomic E-state index is 9.27. The fourth-order valence-electron chi connectivity index (χ4n) is 2.95. The van der Waals surface area contributed by atoms with E-state index in [1.165, 1.54) is 19.4 Å².